The van der Waals surface area contributed by atoms with Gasteiger partial charge in [0, 0.05) is 0 Å². The van der Waals surface area contributed by atoms with Gasteiger partial charge in [-0.25, -0.2) is 4.21 Å². The summed E-state index contributed by atoms with van der Waals surface area (Å²) < 4.78 is 16.1. The van der Waals surface area contributed by atoms with E-state index in [1.165, 1.54) is 11.1 Å². The van der Waals surface area contributed by atoms with Gasteiger partial charge in [0.05, 0.1) is 10.5 Å². The molecule has 0 bridgehead atoms. The third-order valence-electron chi connectivity index (χ3n) is 2.68. The van der Waals surface area contributed by atoms with E-state index >= 15 is 0 Å². The van der Waals surface area contributed by atoms with Crippen LogP contribution in [-0.2, 0) is 17.4 Å². The second kappa shape index (κ2) is 4.13. The van der Waals surface area contributed by atoms with E-state index in [0.717, 1.165) is 18.6 Å². The third-order valence-corrected chi connectivity index (χ3v) is 4.11. The van der Waals surface area contributed by atoms with Crippen LogP contribution in [0.15, 0.2) is 28.7 Å². The summed E-state index contributed by atoms with van der Waals surface area (Å²) in [5.74, 6) is 0. The Balaban J connectivity index is 2.32. The molecule has 0 spiro atoms. The first-order chi connectivity index (χ1) is 7.48. The average Bonchev–Trinajstić information content (AvgIpc) is 2.61. The second-order valence-electron chi connectivity index (χ2n) is 5.06. The molecule has 16 heavy (non-hydrogen) atoms. The minimum absolute atomic E-state index is 0.273. The lowest BCUT2D eigenvalue weighted by molar-refractivity contribution is 0.650. The third kappa shape index (κ3) is 2.24. The highest BCUT2D eigenvalue weighted by atomic mass is 32.2. The van der Waals surface area contributed by atoms with Crippen LogP contribution in [0.25, 0.3) is 0 Å². The van der Waals surface area contributed by atoms with Crippen molar-refractivity contribution < 1.29 is 4.21 Å². The summed E-state index contributed by atoms with van der Waals surface area (Å²) in [6, 6.07) is 8.25. The van der Waals surface area contributed by atoms with Gasteiger partial charge in [0.1, 0.15) is 11.0 Å². The molecule has 0 radical (unpaired) electrons. The molecule has 0 fully saturated rings. The molecule has 1 aromatic rings. The fourth-order valence-corrected chi connectivity index (χ4v) is 2.40. The molecular formula is C13H17NOS. The molecule has 86 valence electrons. The molecule has 1 atom stereocenters. The molecule has 0 saturated carbocycles. The Kier molecular flexibility index (Phi) is 2.98. The monoisotopic (exact) mass is 235 g/mol. The van der Waals surface area contributed by atoms with Crippen LogP contribution in [0.2, 0.25) is 0 Å². The minimum atomic E-state index is -1.15. The Morgan fingerprint density at radius 2 is 1.88 bits per heavy atom. The number of benzene rings is 1. The van der Waals surface area contributed by atoms with Crippen LogP contribution >= 0.6 is 0 Å². The van der Waals surface area contributed by atoms with Crippen molar-refractivity contribution in [3.8, 4) is 0 Å². The number of nitrogens with zero attached hydrogens (tertiary/aromatic N) is 1. The highest BCUT2D eigenvalue weighted by molar-refractivity contribution is 7.85. The van der Waals surface area contributed by atoms with Gasteiger partial charge in [-0.3, -0.25) is 0 Å². The van der Waals surface area contributed by atoms with Crippen molar-refractivity contribution in [2.24, 2.45) is 4.40 Å². The maximum atomic E-state index is 12.0. The van der Waals surface area contributed by atoms with E-state index in [1.807, 2.05) is 32.9 Å². The van der Waals surface area contributed by atoms with Gasteiger partial charge < -0.3 is 0 Å². The molecule has 0 unspecified atom stereocenters. The molecule has 0 aromatic heterocycles. The van der Waals surface area contributed by atoms with Gasteiger partial charge in [0.25, 0.3) is 0 Å². The summed E-state index contributed by atoms with van der Waals surface area (Å²) in [4.78, 5) is 0. The molecule has 3 heteroatoms. The minimum Gasteiger partial charge on any atom is -0.234 e. The standard InChI is InChI=1S/C13H17NOS/c1-13(2,3)16(15)14-12-9-8-10-6-4-5-7-11(10)12/h4-7H,8-9H2,1-3H3/b14-12-/t16-/m0/s1. The van der Waals surface area contributed by atoms with Crippen LogP contribution in [0.4, 0.5) is 0 Å². The van der Waals surface area contributed by atoms with Crippen LogP contribution in [0.5, 0.6) is 0 Å². The van der Waals surface area contributed by atoms with Crippen molar-refractivity contribution in [3.05, 3.63) is 35.4 Å². The van der Waals surface area contributed by atoms with Crippen molar-refractivity contribution in [2.75, 3.05) is 0 Å². The van der Waals surface area contributed by atoms with Gasteiger partial charge in [0.15, 0.2) is 0 Å². The maximum Gasteiger partial charge on any atom is 0.145 e. The largest absolute Gasteiger partial charge is 0.234 e. The fraction of sp³-hybridized carbons (Fsp3) is 0.462. The summed E-state index contributed by atoms with van der Waals surface area (Å²) in [7, 11) is -1.15. The molecule has 0 heterocycles. The Labute approximate surface area is 99.4 Å². The van der Waals surface area contributed by atoms with E-state index < -0.39 is 11.0 Å². The number of aryl methyl sites for hydroxylation is 1. The second-order valence-corrected chi connectivity index (χ2v) is 6.96. The van der Waals surface area contributed by atoms with Gasteiger partial charge in [-0.05, 0) is 44.7 Å². The first-order valence-corrected chi connectivity index (χ1v) is 6.67. The van der Waals surface area contributed by atoms with Crippen LogP contribution in [-0.4, -0.2) is 14.7 Å². The fourth-order valence-electron chi connectivity index (χ4n) is 1.74. The van der Waals surface area contributed by atoms with Crippen molar-refractivity contribution >= 4 is 16.7 Å². The molecule has 0 saturated heterocycles. The number of fused-ring (bicyclic) bond motifs is 1. The van der Waals surface area contributed by atoms with Gasteiger partial charge in [-0.2, -0.15) is 4.40 Å². The number of hydrogen-bond acceptors (Lipinski definition) is 1. The van der Waals surface area contributed by atoms with E-state index in [4.69, 9.17) is 0 Å². The number of rotatable bonds is 1. The Bertz CT molecular complexity index is 457. The molecule has 1 aromatic carbocycles. The maximum absolute atomic E-state index is 12.0. The first-order valence-electron chi connectivity index (χ1n) is 5.56. The molecule has 1 aliphatic carbocycles. The molecule has 0 amide bonds. The molecule has 0 aliphatic heterocycles. The van der Waals surface area contributed by atoms with Gasteiger partial charge in [-0.1, -0.05) is 24.3 Å². The molecule has 2 nitrogen and oxygen atoms in total. The Morgan fingerprint density at radius 1 is 1.19 bits per heavy atom. The SMILES string of the molecule is CC(C)(C)[S@](=O)/N=C1/CCc2ccccc21. The quantitative estimate of drug-likeness (QED) is 0.736. The Hall–Kier alpha value is -0.960. The molecule has 2 rings (SSSR count). The lowest BCUT2D eigenvalue weighted by atomic mass is 10.1. The smallest absolute Gasteiger partial charge is 0.145 e. The summed E-state index contributed by atoms with van der Waals surface area (Å²) >= 11 is 0. The zero-order valence-electron chi connectivity index (χ0n) is 9.99. The summed E-state index contributed by atoms with van der Waals surface area (Å²) in [5.41, 5.74) is 3.51. The van der Waals surface area contributed by atoms with Crippen molar-refractivity contribution in [3.63, 3.8) is 0 Å². The normalized spacial score (nSPS) is 19.8. The highest BCUT2D eigenvalue weighted by Crippen LogP contribution is 2.24. The topological polar surface area (TPSA) is 29.4 Å². The van der Waals surface area contributed by atoms with Crippen LogP contribution in [0.1, 0.15) is 38.3 Å². The van der Waals surface area contributed by atoms with E-state index in [1.54, 1.807) is 0 Å². The Morgan fingerprint density at radius 3 is 2.56 bits per heavy atom. The summed E-state index contributed by atoms with van der Waals surface area (Å²) in [6.07, 6.45) is 1.94. The van der Waals surface area contributed by atoms with E-state index in [-0.39, 0.29) is 4.75 Å². The first kappa shape index (κ1) is 11.5. The predicted octanol–water partition coefficient (Wildman–Crippen LogP) is 2.88. The van der Waals surface area contributed by atoms with Gasteiger partial charge in [0.2, 0.25) is 0 Å². The highest BCUT2D eigenvalue weighted by Gasteiger charge is 2.23. The van der Waals surface area contributed by atoms with E-state index in [9.17, 15) is 4.21 Å². The molecule has 0 N–H and O–H groups in total. The van der Waals surface area contributed by atoms with Gasteiger partial charge >= 0.3 is 0 Å². The van der Waals surface area contributed by atoms with Crippen LogP contribution in [0, 0.1) is 0 Å². The van der Waals surface area contributed by atoms with Crippen molar-refractivity contribution in [1.29, 1.82) is 0 Å². The predicted molar refractivity (Wildman–Crippen MR) is 69.2 cm³/mol. The molecular weight excluding hydrogens is 218 g/mol. The van der Waals surface area contributed by atoms with Gasteiger partial charge in [-0.15, -0.1) is 0 Å². The van der Waals surface area contributed by atoms with E-state index in [2.05, 4.69) is 16.5 Å². The van der Waals surface area contributed by atoms with Crippen LogP contribution in [0.3, 0.4) is 0 Å². The number of hydrogen-bond donors (Lipinski definition) is 0. The zero-order valence-corrected chi connectivity index (χ0v) is 10.8. The average molecular weight is 235 g/mol. The zero-order chi connectivity index (χ0) is 11.8. The molecule has 1 aliphatic rings. The lowest BCUT2D eigenvalue weighted by Crippen LogP contribution is -2.20. The lowest BCUT2D eigenvalue weighted by Gasteiger charge is -2.14. The summed E-state index contributed by atoms with van der Waals surface area (Å²) in [5, 5.41) is 0. The van der Waals surface area contributed by atoms with E-state index in [0.29, 0.717) is 0 Å². The van der Waals surface area contributed by atoms with Crippen LogP contribution < -0.4 is 0 Å². The van der Waals surface area contributed by atoms with Crippen molar-refractivity contribution in [2.45, 2.75) is 38.4 Å². The van der Waals surface area contributed by atoms with Crippen molar-refractivity contribution in [1.82, 2.24) is 0 Å². The summed E-state index contributed by atoms with van der Waals surface area (Å²) in [6.45, 7) is 5.86.